The number of methoxy groups -OCH3 is 1. The van der Waals surface area contributed by atoms with E-state index in [2.05, 4.69) is 32.3 Å². The summed E-state index contributed by atoms with van der Waals surface area (Å²) in [6.07, 6.45) is 1.69. The van der Waals surface area contributed by atoms with Crippen LogP contribution in [0.2, 0.25) is 0 Å². The van der Waals surface area contributed by atoms with Gasteiger partial charge in [-0.25, -0.2) is 4.98 Å². The molecule has 3 heterocycles. The number of aromatic nitrogens is 4. The zero-order valence-corrected chi connectivity index (χ0v) is 19.9. The van der Waals surface area contributed by atoms with E-state index in [1.165, 1.54) is 5.56 Å². The Kier molecular flexibility index (Phi) is 6.28. The molecule has 0 N–H and O–H groups in total. The van der Waals surface area contributed by atoms with Gasteiger partial charge in [-0.1, -0.05) is 42.1 Å². The van der Waals surface area contributed by atoms with Gasteiger partial charge in [-0.05, 0) is 42.8 Å². The van der Waals surface area contributed by atoms with E-state index in [4.69, 9.17) is 14.1 Å². The first-order chi connectivity index (χ1) is 16.2. The van der Waals surface area contributed by atoms with E-state index in [0.717, 1.165) is 44.3 Å². The summed E-state index contributed by atoms with van der Waals surface area (Å²) >= 11 is 3.28. The third kappa shape index (κ3) is 4.72. The average Bonchev–Trinajstić information content (AvgIpc) is 3.59. The molecular formula is C25H22N4O2S2. The number of rotatable bonds is 8. The lowest BCUT2D eigenvalue weighted by molar-refractivity contribution is 0.415. The van der Waals surface area contributed by atoms with E-state index in [-0.39, 0.29) is 0 Å². The molecule has 0 aliphatic heterocycles. The molecule has 0 spiro atoms. The maximum atomic E-state index is 5.52. The highest BCUT2D eigenvalue weighted by atomic mass is 32.2. The highest BCUT2D eigenvalue weighted by molar-refractivity contribution is 7.98. The minimum absolute atomic E-state index is 0.685. The molecule has 166 valence electrons. The summed E-state index contributed by atoms with van der Waals surface area (Å²) in [5, 5.41) is 13.0. The van der Waals surface area contributed by atoms with Gasteiger partial charge in [-0.3, -0.25) is 4.57 Å². The second-order valence-corrected chi connectivity index (χ2v) is 9.23. The molecule has 0 unspecified atom stereocenters. The summed E-state index contributed by atoms with van der Waals surface area (Å²) in [5.41, 5.74) is 4.26. The molecule has 0 atom stereocenters. The van der Waals surface area contributed by atoms with Crippen molar-refractivity contribution < 1.29 is 9.15 Å². The fraction of sp³-hybridized carbons (Fsp3) is 0.160. The molecule has 0 amide bonds. The summed E-state index contributed by atoms with van der Waals surface area (Å²) < 4.78 is 12.9. The number of nitrogens with zero attached hydrogens (tertiary/aromatic N) is 4. The number of hydrogen-bond donors (Lipinski definition) is 0. The molecule has 8 heteroatoms. The van der Waals surface area contributed by atoms with E-state index in [1.54, 1.807) is 36.5 Å². The Bertz CT molecular complexity index is 1340. The maximum Gasteiger partial charge on any atom is 0.192 e. The normalized spacial score (nSPS) is 11.1. The van der Waals surface area contributed by atoms with E-state index in [0.29, 0.717) is 12.3 Å². The first-order valence-electron chi connectivity index (χ1n) is 10.4. The zero-order chi connectivity index (χ0) is 22.6. The van der Waals surface area contributed by atoms with Crippen LogP contribution in [-0.4, -0.2) is 26.9 Å². The molecule has 0 aliphatic rings. The molecule has 0 bridgehead atoms. The van der Waals surface area contributed by atoms with Crippen LogP contribution in [0.5, 0.6) is 5.75 Å². The molecule has 5 aromatic rings. The van der Waals surface area contributed by atoms with Crippen LogP contribution in [0, 0.1) is 6.92 Å². The Morgan fingerprint density at radius 3 is 2.58 bits per heavy atom. The van der Waals surface area contributed by atoms with Crippen molar-refractivity contribution in [2.45, 2.75) is 24.4 Å². The monoisotopic (exact) mass is 474 g/mol. The minimum atomic E-state index is 0.685. The predicted octanol–water partition coefficient (Wildman–Crippen LogP) is 6.32. The van der Waals surface area contributed by atoms with Crippen LogP contribution in [0.15, 0.2) is 81.9 Å². The average molecular weight is 475 g/mol. The Morgan fingerprint density at radius 1 is 1.03 bits per heavy atom. The standard InChI is InChI=1S/C25H22N4O2S2/c1-17-22(12-13-31-17)23-27-28-25(29(23)14-18-6-4-3-5-7-18)33-16-20-15-32-24(26-20)19-8-10-21(30-2)11-9-19/h3-13,15H,14,16H2,1-2H3. The van der Waals surface area contributed by atoms with E-state index in [1.807, 2.05) is 55.5 Å². The first-order valence-corrected chi connectivity index (χ1v) is 12.3. The van der Waals surface area contributed by atoms with Crippen molar-refractivity contribution in [3.8, 4) is 27.7 Å². The molecule has 33 heavy (non-hydrogen) atoms. The quantitative estimate of drug-likeness (QED) is 0.245. The summed E-state index contributed by atoms with van der Waals surface area (Å²) in [4.78, 5) is 4.82. The largest absolute Gasteiger partial charge is 0.497 e. The second kappa shape index (κ2) is 9.64. The van der Waals surface area contributed by atoms with Crippen LogP contribution in [0.4, 0.5) is 0 Å². The summed E-state index contributed by atoms with van der Waals surface area (Å²) in [7, 11) is 1.67. The molecule has 0 saturated carbocycles. The van der Waals surface area contributed by atoms with Crippen molar-refractivity contribution >= 4 is 23.1 Å². The van der Waals surface area contributed by atoms with Gasteiger partial charge in [-0.15, -0.1) is 21.5 Å². The third-order valence-electron chi connectivity index (χ3n) is 5.24. The van der Waals surface area contributed by atoms with Crippen LogP contribution >= 0.6 is 23.1 Å². The lowest BCUT2D eigenvalue weighted by atomic mass is 10.2. The smallest absolute Gasteiger partial charge is 0.192 e. The van der Waals surface area contributed by atoms with Crippen molar-refractivity contribution in [3.05, 3.63) is 89.3 Å². The van der Waals surface area contributed by atoms with Gasteiger partial charge in [0.05, 0.1) is 31.2 Å². The fourth-order valence-electron chi connectivity index (χ4n) is 3.50. The van der Waals surface area contributed by atoms with Gasteiger partial charge in [0.25, 0.3) is 0 Å². The number of hydrogen-bond acceptors (Lipinski definition) is 7. The van der Waals surface area contributed by atoms with Crippen molar-refractivity contribution in [2.24, 2.45) is 0 Å². The van der Waals surface area contributed by atoms with Crippen LogP contribution in [-0.2, 0) is 12.3 Å². The number of furan rings is 1. The molecule has 2 aromatic carbocycles. The first kappa shape index (κ1) is 21.5. The van der Waals surface area contributed by atoms with Gasteiger partial charge in [0.2, 0.25) is 0 Å². The lowest BCUT2D eigenvalue weighted by Gasteiger charge is -2.10. The van der Waals surface area contributed by atoms with Crippen LogP contribution in [0.3, 0.4) is 0 Å². The number of ether oxygens (including phenoxy) is 1. The summed E-state index contributed by atoms with van der Waals surface area (Å²) in [6.45, 7) is 2.63. The van der Waals surface area contributed by atoms with Crippen LogP contribution in [0.25, 0.3) is 22.0 Å². The van der Waals surface area contributed by atoms with Gasteiger partial charge in [0.1, 0.15) is 16.5 Å². The topological polar surface area (TPSA) is 66.0 Å². The highest BCUT2D eigenvalue weighted by Crippen LogP contribution is 2.31. The van der Waals surface area contributed by atoms with E-state index in [9.17, 15) is 0 Å². The molecule has 0 fully saturated rings. The lowest BCUT2D eigenvalue weighted by Crippen LogP contribution is -2.04. The Balaban J connectivity index is 1.38. The van der Waals surface area contributed by atoms with Gasteiger partial charge in [0.15, 0.2) is 11.0 Å². The van der Waals surface area contributed by atoms with Crippen LogP contribution < -0.4 is 4.74 Å². The minimum Gasteiger partial charge on any atom is -0.497 e. The van der Waals surface area contributed by atoms with Gasteiger partial charge >= 0.3 is 0 Å². The SMILES string of the molecule is COc1ccc(-c2nc(CSc3nnc(-c4ccoc4C)n3Cc3ccccc3)cs2)cc1. The third-order valence-corrected chi connectivity index (χ3v) is 7.18. The molecule has 0 aliphatic carbocycles. The number of thioether (sulfide) groups is 1. The molecule has 5 rings (SSSR count). The van der Waals surface area contributed by atoms with E-state index < -0.39 is 0 Å². The Hall–Kier alpha value is -3.36. The van der Waals surface area contributed by atoms with E-state index >= 15 is 0 Å². The van der Waals surface area contributed by atoms with Crippen molar-refractivity contribution in [1.29, 1.82) is 0 Å². The number of aryl methyl sites for hydroxylation is 1. The predicted molar refractivity (Wildman–Crippen MR) is 132 cm³/mol. The highest BCUT2D eigenvalue weighted by Gasteiger charge is 2.18. The molecule has 0 radical (unpaired) electrons. The van der Waals surface area contributed by atoms with Crippen molar-refractivity contribution in [2.75, 3.05) is 7.11 Å². The molecule has 0 saturated heterocycles. The summed E-state index contributed by atoms with van der Waals surface area (Å²) in [5.74, 6) is 3.19. The number of benzene rings is 2. The van der Waals surface area contributed by atoms with Gasteiger partial charge in [0, 0.05) is 16.7 Å². The van der Waals surface area contributed by atoms with Gasteiger partial charge in [-0.2, -0.15) is 0 Å². The van der Waals surface area contributed by atoms with Gasteiger partial charge < -0.3 is 9.15 Å². The van der Waals surface area contributed by atoms with Crippen molar-refractivity contribution in [1.82, 2.24) is 19.7 Å². The van der Waals surface area contributed by atoms with Crippen molar-refractivity contribution in [3.63, 3.8) is 0 Å². The van der Waals surface area contributed by atoms with Crippen LogP contribution in [0.1, 0.15) is 17.0 Å². The molecular weight excluding hydrogens is 452 g/mol. The fourth-order valence-corrected chi connectivity index (χ4v) is 5.26. The Morgan fingerprint density at radius 2 is 1.85 bits per heavy atom. The Labute approximate surface area is 200 Å². The second-order valence-electron chi connectivity index (χ2n) is 7.43. The zero-order valence-electron chi connectivity index (χ0n) is 18.3. The summed E-state index contributed by atoms with van der Waals surface area (Å²) in [6, 6.07) is 20.3. The maximum absolute atomic E-state index is 5.52. The molecule has 3 aromatic heterocycles. The number of thiazole rings is 1. The molecule has 6 nitrogen and oxygen atoms in total.